The van der Waals surface area contributed by atoms with Gasteiger partial charge in [-0.25, -0.2) is 0 Å². The number of hydrogen-bond donors (Lipinski definition) is 0. The quantitative estimate of drug-likeness (QED) is 0.480. The molecular formula is C24H32ClNO2. The van der Waals surface area contributed by atoms with E-state index in [-0.39, 0.29) is 24.3 Å². The van der Waals surface area contributed by atoms with Gasteiger partial charge in [0, 0.05) is 6.54 Å². The fraction of sp³-hybridized carbons (Fsp3) is 0.458. The van der Waals surface area contributed by atoms with Crippen LogP contribution in [0.4, 0.5) is 0 Å². The molecule has 0 saturated carbocycles. The van der Waals surface area contributed by atoms with E-state index in [1.54, 1.807) is 0 Å². The highest BCUT2D eigenvalue weighted by Crippen LogP contribution is 2.44. The number of rotatable bonds is 10. The van der Waals surface area contributed by atoms with Crippen molar-refractivity contribution >= 4 is 18.4 Å². The molecular weight excluding hydrogens is 370 g/mol. The molecule has 0 saturated heterocycles. The second-order valence-corrected chi connectivity index (χ2v) is 7.32. The molecule has 2 aromatic carbocycles. The molecule has 0 amide bonds. The van der Waals surface area contributed by atoms with Crippen molar-refractivity contribution in [1.82, 2.24) is 4.90 Å². The molecule has 0 bridgehead atoms. The van der Waals surface area contributed by atoms with Crippen molar-refractivity contribution in [2.24, 2.45) is 0 Å². The Bertz CT molecular complexity index is 708. The standard InChI is InChI=1S/C24H31NO2.ClH/c1-3-5-15-25(16-6-4-2)17-18-27-24(26)23-21-13-9-7-11-19(21)20-12-8-10-14-22(20)23;/h7-14,23H,3-6,15-18H2,1-2H3;1H. The number of benzene rings is 2. The molecule has 2 aromatic rings. The minimum Gasteiger partial charge on any atom is -0.464 e. The summed E-state index contributed by atoms with van der Waals surface area (Å²) in [4.78, 5) is 15.4. The van der Waals surface area contributed by atoms with Crippen molar-refractivity contribution in [2.45, 2.75) is 45.4 Å². The van der Waals surface area contributed by atoms with Crippen LogP contribution in [0.5, 0.6) is 0 Å². The molecule has 0 unspecified atom stereocenters. The van der Waals surface area contributed by atoms with Crippen LogP contribution in [0.3, 0.4) is 0 Å². The highest BCUT2D eigenvalue weighted by Gasteiger charge is 2.34. The molecule has 4 heteroatoms. The molecule has 3 nitrogen and oxygen atoms in total. The molecule has 0 aliphatic heterocycles. The van der Waals surface area contributed by atoms with Crippen LogP contribution in [0.15, 0.2) is 48.5 Å². The molecule has 0 radical (unpaired) electrons. The molecule has 0 fully saturated rings. The highest BCUT2D eigenvalue weighted by atomic mass is 35.5. The van der Waals surface area contributed by atoms with Crippen molar-refractivity contribution in [3.8, 4) is 11.1 Å². The highest BCUT2D eigenvalue weighted by molar-refractivity contribution is 5.93. The second-order valence-electron chi connectivity index (χ2n) is 7.32. The van der Waals surface area contributed by atoms with Crippen LogP contribution in [0.25, 0.3) is 11.1 Å². The number of ether oxygens (including phenoxy) is 1. The van der Waals surface area contributed by atoms with Crippen LogP contribution in [0.1, 0.15) is 56.6 Å². The number of hydrogen-bond acceptors (Lipinski definition) is 3. The Labute approximate surface area is 175 Å². The predicted octanol–water partition coefficient (Wildman–Crippen LogP) is 5.67. The summed E-state index contributed by atoms with van der Waals surface area (Å²) in [6.07, 6.45) is 4.78. The smallest absolute Gasteiger partial charge is 0.318 e. The van der Waals surface area contributed by atoms with E-state index < -0.39 is 0 Å². The van der Waals surface area contributed by atoms with E-state index in [1.165, 1.54) is 25.7 Å². The van der Waals surface area contributed by atoms with E-state index in [1.807, 2.05) is 24.3 Å². The zero-order chi connectivity index (χ0) is 19.1. The third-order valence-electron chi connectivity index (χ3n) is 5.38. The number of halogens is 1. The number of carbonyl (C=O) groups is 1. The molecule has 0 spiro atoms. The first-order valence-corrected chi connectivity index (χ1v) is 10.3. The van der Waals surface area contributed by atoms with Gasteiger partial charge in [-0.3, -0.25) is 9.69 Å². The lowest BCUT2D eigenvalue weighted by molar-refractivity contribution is -0.144. The minimum absolute atomic E-state index is 0. The van der Waals surface area contributed by atoms with Crippen LogP contribution in [0.2, 0.25) is 0 Å². The van der Waals surface area contributed by atoms with Gasteiger partial charge >= 0.3 is 5.97 Å². The average Bonchev–Trinajstić information content (AvgIpc) is 3.04. The van der Waals surface area contributed by atoms with Crippen molar-refractivity contribution in [3.05, 3.63) is 59.7 Å². The summed E-state index contributed by atoms with van der Waals surface area (Å²) in [7, 11) is 0. The lowest BCUT2D eigenvalue weighted by Crippen LogP contribution is -2.31. The summed E-state index contributed by atoms with van der Waals surface area (Å²) in [6.45, 7) is 7.89. The zero-order valence-electron chi connectivity index (χ0n) is 17.0. The summed E-state index contributed by atoms with van der Waals surface area (Å²) in [5.74, 6) is -0.421. The third-order valence-corrected chi connectivity index (χ3v) is 5.38. The van der Waals surface area contributed by atoms with E-state index in [9.17, 15) is 4.79 Å². The molecule has 28 heavy (non-hydrogen) atoms. The number of fused-ring (bicyclic) bond motifs is 3. The molecule has 1 aliphatic rings. The first kappa shape index (κ1) is 22.4. The van der Waals surface area contributed by atoms with E-state index in [0.717, 1.165) is 41.9 Å². The third kappa shape index (κ3) is 5.15. The molecule has 3 rings (SSSR count). The van der Waals surface area contributed by atoms with Gasteiger partial charge in [0.05, 0.1) is 0 Å². The molecule has 0 atom stereocenters. The monoisotopic (exact) mass is 401 g/mol. The van der Waals surface area contributed by atoms with E-state index in [2.05, 4.69) is 43.0 Å². The minimum atomic E-state index is -0.294. The topological polar surface area (TPSA) is 29.5 Å². The van der Waals surface area contributed by atoms with E-state index in [4.69, 9.17) is 4.74 Å². The summed E-state index contributed by atoms with van der Waals surface area (Å²) >= 11 is 0. The number of nitrogens with zero attached hydrogens (tertiary/aromatic N) is 1. The summed E-state index contributed by atoms with van der Waals surface area (Å²) in [5, 5.41) is 0. The molecule has 1 aliphatic carbocycles. The fourth-order valence-corrected chi connectivity index (χ4v) is 3.87. The summed E-state index contributed by atoms with van der Waals surface area (Å²) < 4.78 is 5.75. The van der Waals surface area contributed by atoms with Gasteiger partial charge in [0.25, 0.3) is 0 Å². The number of esters is 1. The van der Waals surface area contributed by atoms with Gasteiger partial charge in [-0.1, -0.05) is 75.2 Å². The molecule has 152 valence electrons. The predicted molar refractivity (Wildman–Crippen MR) is 118 cm³/mol. The first-order valence-electron chi connectivity index (χ1n) is 10.3. The van der Waals surface area contributed by atoms with Crippen molar-refractivity contribution in [3.63, 3.8) is 0 Å². The van der Waals surface area contributed by atoms with Gasteiger partial charge in [-0.15, -0.1) is 12.4 Å². The van der Waals surface area contributed by atoms with Crippen LogP contribution < -0.4 is 0 Å². The molecule has 0 aromatic heterocycles. The van der Waals surface area contributed by atoms with Crippen LogP contribution >= 0.6 is 12.4 Å². The summed E-state index contributed by atoms with van der Waals surface area (Å²) in [6, 6.07) is 16.4. The van der Waals surface area contributed by atoms with Crippen LogP contribution in [-0.2, 0) is 9.53 Å². The zero-order valence-corrected chi connectivity index (χ0v) is 17.8. The lowest BCUT2D eigenvalue weighted by Gasteiger charge is -2.22. The van der Waals surface area contributed by atoms with Gasteiger partial charge in [-0.2, -0.15) is 0 Å². The van der Waals surface area contributed by atoms with Crippen LogP contribution in [-0.4, -0.2) is 37.1 Å². The summed E-state index contributed by atoms with van der Waals surface area (Å²) in [5.41, 5.74) is 4.44. The Morgan fingerprint density at radius 3 is 1.86 bits per heavy atom. The van der Waals surface area contributed by atoms with Crippen LogP contribution in [0, 0.1) is 0 Å². The molecule has 0 N–H and O–H groups in total. The number of unbranched alkanes of at least 4 members (excludes halogenated alkanes) is 2. The Morgan fingerprint density at radius 2 is 1.36 bits per heavy atom. The number of carbonyl (C=O) groups excluding carboxylic acids is 1. The van der Waals surface area contributed by atoms with Gasteiger partial charge < -0.3 is 4.74 Å². The van der Waals surface area contributed by atoms with Crippen molar-refractivity contribution in [2.75, 3.05) is 26.2 Å². The maximum absolute atomic E-state index is 12.9. The SMILES string of the molecule is CCCCN(CCCC)CCOC(=O)C1c2ccccc2-c2ccccc21.Cl. The Hall–Kier alpha value is -1.84. The van der Waals surface area contributed by atoms with E-state index >= 15 is 0 Å². The fourth-order valence-electron chi connectivity index (χ4n) is 3.87. The Morgan fingerprint density at radius 1 is 0.857 bits per heavy atom. The van der Waals surface area contributed by atoms with Crippen molar-refractivity contribution in [1.29, 1.82) is 0 Å². The second kappa shape index (κ2) is 11.2. The van der Waals surface area contributed by atoms with Crippen molar-refractivity contribution < 1.29 is 9.53 Å². The van der Waals surface area contributed by atoms with E-state index in [0.29, 0.717) is 6.61 Å². The average molecular weight is 402 g/mol. The molecule has 0 heterocycles. The largest absolute Gasteiger partial charge is 0.464 e. The van der Waals surface area contributed by atoms with Gasteiger partial charge in [-0.05, 0) is 48.2 Å². The normalized spacial score (nSPS) is 12.4. The van der Waals surface area contributed by atoms with Gasteiger partial charge in [0.15, 0.2) is 0 Å². The first-order chi connectivity index (χ1) is 13.3. The van der Waals surface area contributed by atoms with Gasteiger partial charge in [0.2, 0.25) is 0 Å². The maximum atomic E-state index is 12.9. The lowest BCUT2D eigenvalue weighted by atomic mass is 9.97. The Balaban J connectivity index is 0.00000280. The van der Waals surface area contributed by atoms with Gasteiger partial charge in [0.1, 0.15) is 12.5 Å². The maximum Gasteiger partial charge on any atom is 0.318 e. The Kier molecular flexibility index (Phi) is 9.01.